The van der Waals surface area contributed by atoms with Crippen LogP contribution in [0.1, 0.15) is 27.8 Å². The molecule has 5 rings (SSSR count). The van der Waals surface area contributed by atoms with E-state index in [9.17, 15) is 9.59 Å². The number of nitrogens with zero attached hydrogens (tertiary/aromatic N) is 6. The normalized spacial score (nSPS) is 14.1. The second-order valence-electron chi connectivity index (χ2n) is 7.48. The number of hydrogen-bond acceptors (Lipinski definition) is 10. The molecule has 0 atom stereocenters. The van der Waals surface area contributed by atoms with Gasteiger partial charge in [-0.3, -0.25) is 9.78 Å². The van der Waals surface area contributed by atoms with Gasteiger partial charge >= 0.3 is 5.97 Å². The first kappa shape index (κ1) is 21.0. The Morgan fingerprint density at radius 1 is 1.09 bits per heavy atom. The molecule has 1 aromatic carbocycles. The minimum atomic E-state index is -0.415. The van der Waals surface area contributed by atoms with Gasteiger partial charge in [0.05, 0.1) is 34.8 Å². The monoisotopic (exact) mass is 463 g/mol. The number of ether oxygens (including phenoxy) is 1. The van der Waals surface area contributed by atoms with Crippen LogP contribution in [-0.2, 0) is 4.74 Å². The summed E-state index contributed by atoms with van der Waals surface area (Å²) in [6.07, 6.45) is 1.52. The number of aromatic nitrogens is 4. The molecule has 2 N–H and O–H groups in total. The Labute approximate surface area is 193 Å². The van der Waals surface area contributed by atoms with Crippen LogP contribution in [-0.4, -0.2) is 69.5 Å². The Morgan fingerprint density at radius 2 is 1.85 bits per heavy atom. The number of nitrogens with two attached hydrogens (primary N) is 1. The van der Waals surface area contributed by atoms with Crippen molar-refractivity contribution in [1.82, 2.24) is 24.8 Å². The Balaban J connectivity index is 1.38. The van der Waals surface area contributed by atoms with Crippen molar-refractivity contribution in [3.05, 3.63) is 47.1 Å². The van der Waals surface area contributed by atoms with E-state index in [1.54, 1.807) is 17.2 Å². The zero-order valence-electron chi connectivity index (χ0n) is 17.9. The molecule has 168 valence electrons. The van der Waals surface area contributed by atoms with E-state index in [0.29, 0.717) is 59.0 Å². The molecule has 33 heavy (non-hydrogen) atoms. The molecule has 0 saturated carbocycles. The second kappa shape index (κ2) is 8.58. The number of esters is 1. The molecular formula is C22H21N7O3S. The summed E-state index contributed by atoms with van der Waals surface area (Å²) in [5.41, 5.74) is 8.11. The van der Waals surface area contributed by atoms with E-state index >= 15 is 0 Å². The average molecular weight is 464 g/mol. The van der Waals surface area contributed by atoms with E-state index < -0.39 is 5.97 Å². The van der Waals surface area contributed by atoms with Crippen molar-refractivity contribution >= 4 is 56.2 Å². The summed E-state index contributed by atoms with van der Waals surface area (Å²) in [6.45, 7) is 4.03. The predicted octanol–water partition coefficient (Wildman–Crippen LogP) is 2.36. The fourth-order valence-corrected chi connectivity index (χ4v) is 4.78. The van der Waals surface area contributed by atoms with Crippen molar-refractivity contribution in [3.63, 3.8) is 0 Å². The number of thiophene rings is 1. The fourth-order valence-electron chi connectivity index (χ4n) is 3.87. The molecule has 1 amide bonds. The second-order valence-corrected chi connectivity index (χ2v) is 8.34. The highest BCUT2D eigenvalue weighted by atomic mass is 32.1. The maximum Gasteiger partial charge on any atom is 0.339 e. The number of nitrogen functional groups attached to an aromatic ring is 1. The van der Waals surface area contributed by atoms with E-state index in [-0.39, 0.29) is 18.5 Å². The Bertz CT molecular complexity index is 1360. The van der Waals surface area contributed by atoms with Crippen LogP contribution in [0.4, 0.5) is 11.8 Å². The van der Waals surface area contributed by atoms with E-state index in [1.807, 2.05) is 29.2 Å². The number of benzene rings is 1. The Hall–Kier alpha value is -3.86. The lowest BCUT2D eigenvalue weighted by atomic mass is 10.2. The topological polar surface area (TPSA) is 127 Å². The maximum atomic E-state index is 13.0. The number of hydrogen-bond donors (Lipinski definition) is 1. The molecule has 4 heterocycles. The van der Waals surface area contributed by atoms with E-state index in [0.717, 1.165) is 5.52 Å². The molecule has 0 unspecified atom stereocenters. The Kier molecular flexibility index (Phi) is 5.47. The third kappa shape index (κ3) is 3.91. The van der Waals surface area contributed by atoms with E-state index in [2.05, 4.69) is 19.9 Å². The Morgan fingerprint density at radius 3 is 2.61 bits per heavy atom. The van der Waals surface area contributed by atoms with E-state index in [4.69, 9.17) is 10.5 Å². The highest BCUT2D eigenvalue weighted by Gasteiger charge is 2.28. The molecule has 1 saturated heterocycles. The summed E-state index contributed by atoms with van der Waals surface area (Å²) in [4.78, 5) is 47.4. The van der Waals surface area contributed by atoms with Crippen molar-refractivity contribution in [2.45, 2.75) is 6.92 Å². The molecule has 3 aromatic heterocycles. The molecule has 0 bridgehead atoms. The number of anilines is 2. The minimum absolute atomic E-state index is 0.139. The summed E-state index contributed by atoms with van der Waals surface area (Å²) < 4.78 is 5.19. The first-order valence-corrected chi connectivity index (χ1v) is 11.4. The number of carbonyl (C=O) groups excluding carboxylic acids is 2. The fraction of sp³-hybridized carbons (Fsp3) is 0.273. The van der Waals surface area contributed by atoms with Crippen LogP contribution in [0.5, 0.6) is 0 Å². The lowest BCUT2D eigenvalue weighted by Crippen LogP contribution is -2.49. The smallest absolute Gasteiger partial charge is 0.339 e. The number of rotatable bonds is 4. The number of piperazine rings is 1. The van der Waals surface area contributed by atoms with Crippen LogP contribution >= 0.6 is 11.3 Å². The maximum absolute atomic E-state index is 13.0. The zero-order valence-corrected chi connectivity index (χ0v) is 18.7. The molecule has 1 fully saturated rings. The van der Waals surface area contributed by atoms with Gasteiger partial charge < -0.3 is 20.3 Å². The molecule has 0 radical (unpaired) electrons. The highest BCUT2D eigenvalue weighted by Crippen LogP contribution is 2.33. The third-order valence-electron chi connectivity index (χ3n) is 5.46. The van der Waals surface area contributed by atoms with Crippen LogP contribution in [0.15, 0.2) is 35.8 Å². The summed E-state index contributed by atoms with van der Waals surface area (Å²) in [7, 11) is 0. The van der Waals surface area contributed by atoms with Crippen LogP contribution in [0.25, 0.3) is 21.3 Å². The van der Waals surface area contributed by atoms with Crippen molar-refractivity contribution in [1.29, 1.82) is 0 Å². The van der Waals surface area contributed by atoms with Gasteiger partial charge in [-0.15, -0.1) is 11.3 Å². The van der Waals surface area contributed by atoms with Crippen molar-refractivity contribution in [2.75, 3.05) is 43.4 Å². The standard InChI is InChI=1S/C22H21N7O3S/c1-2-32-21(31)13-12-33-19-17(13)18(26-22(23)27-19)28-7-9-29(10-8-28)20(30)16-11-24-14-5-3-4-6-15(14)25-16/h3-6,11-12H,2,7-10H2,1H3,(H2,23,26,27). The number of amides is 1. The number of fused-ring (bicyclic) bond motifs is 2. The van der Waals surface area contributed by atoms with Crippen molar-refractivity contribution < 1.29 is 14.3 Å². The minimum Gasteiger partial charge on any atom is -0.462 e. The van der Waals surface area contributed by atoms with Crippen molar-refractivity contribution in [3.8, 4) is 0 Å². The SMILES string of the molecule is CCOC(=O)c1csc2nc(N)nc(N3CCN(C(=O)c4cnc5ccccc5n4)CC3)c12. The highest BCUT2D eigenvalue weighted by molar-refractivity contribution is 7.17. The molecular weight excluding hydrogens is 442 g/mol. The van der Waals surface area contributed by atoms with Gasteiger partial charge in [0.15, 0.2) is 0 Å². The van der Waals surface area contributed by atoms with Crippen molar-refractivity contribution in [2.24, 2.45) is 0 Å². The largest absolute Gasteiger partial charge is 0.462 e. The quantitative estimate of drug-likeness (QED) is 0.454. The lowest BCUT2D eigenvalue weighted by molar-refractivity contribution is 0.0529. The van der Waals surface area contributed by atoms with Gasteiger partial charge in [-0.25, -0.2) is 14.8 Å². The average Bonchev–Trinajstić information content (AvgIpc) is 3.27. The van der Waals surface area contributed by atoms with Gasteiger partial charge in [-0.05, 0) is 19.1 Å². The molecule has 4 aromatic rings. The third-order valence-corrected chi connectivity index (χ3v) is 6.33. The van der Waals surface area contributed by atoms with Gasteiger partial charge in [-0.2, -0.15) is 4.98 Å². The van der Waals surface area contributed by atoms with Crippen LogP contribution in [0.2, 0.25) is 0 Å². The molecule has 10 nitrogen and oxygen atoms in total. The molecule has 11 heteroatoms. The molecule has 1 aliphatic heterocycles. The lowest BCUT2D eigenvalue weighted by Gasteiger charge is -2.35. The zero-order chi connectivity index (χ0) is 22.9. The summed E-state index contributed by atoms with van der Waals surface area (Å²) in [5.74, 6) is 0.143. The van der Waals surface area contributed by atoms with Crippen LogP contribution < -0.4 is 10.6 Å². The first-order valence-electron chi connectivity index (χ1n) is 10.5. The van der Waals surface area contributed by atoms with Gasteiger partial charge in [0.1, 0.15) is 16.3 Å². The van der Waals surface area contributed by atoms with Gasteiger partial charge in [0.25, 0.3) is 5.91 Å². The number of para-hydroxylation sites is 2. The van der Waals surface area contributed by atoms with Gasteiger partial charge in [-0.1, -0.05) is 12.1 Å². The number of carbonyl (C=O) groups is 2. The first-order chi connectivity index (χ1) is 16.0. The summed E-state index contributed by atoms with van der Waals surface area (Å²) in [5, 5.41) is 2.35. The van der Waals surface area contributed by atoms with Gasteiger partial charge in [0, 0.05) is 31.6 Å². The molecule has 1 aliphatic rings. The molecule has 0 spiro atoms. The van der Waals surface area contributed by atoms with E-state index in [1.165, 1.54) is 17.5 Å². The summed E-state index contributed by atoms with van der Waals surface area (Å²) >= 11 is 1.33. The summed E-state index contributed by atoms with van der Waals surface area (Å²) in [6, 6.07) is 7.45. The predicted molar refractivity (Wildman–Crippen MR) is 125 cm³/mol. The molecule has 0 aliphatic carbocycles. The van der Waals surface area contributed by atoms with Crippen LogP contribution in [0.3, 0.4) is 0 Å². The van der Waals surface area contributed by atoms with Crippen LogP contribution in [0, 0.1) is 0 Å². The van der Waals surface area contributed by atoms with Gasteiger partial charge in [0.2, 0.25) is 5.95 Å².